The average molecular weight is 364 g/mol. The van der Waals surface area contributed by atoms with Crippen LogP contribution in [-0.4, -0.2) is 44.1 Å². The van der Waals surface area contributed by atoms with Crippen molar-refractivity contribution in [2.75, 3.05) is 31.1 Å². The van der Waals surface area contributed by atoms with Gasteiger partial charge >= 0.3 is 0 Å². The van der Waals surface area contributed by atoms with Crippen molar-refractivity contribution in [3.8, 4) is 6.07 Å². The van der Waals surface area contributed by atoms with Crippen molar-refractivity contribution in [3.63, 3.8) is 0 Å². The van der Waals surface area contributed by atoms with Crippen LogP contribution in [0.3, 0.4) is 0 Å². The van der Waals surface area contributed by atoms with E-state index in [0.717, 1.165) is 0 Å². The molecule has 0 aliphatic carbocycles. The largest absolute Gasteiger partial charge is 0.368 e. The molecule has 1 aliphatic rings. The van der Waals surface area contributed by atoms with E-state index in [1.54, 1.807) is 26.0 Å². The number of halogens is 1. The molecule has 25 heavy (non-hydrogen) atoms. The number of aryl methyl sites for hydroxylation is 2. The minimum absolute atomic E-state index is 0.0236. The molecule has 7 nitrogen and oxygen atoms in total. The third-order valence-corrected chi connectivity index (χ3v) is 6.39. The summed E-state index contributed by atoms with van der Waals surface area (Å²) in [4.78, 5) is 1.92. The van der Waals surface area contributed by atoms with Gasteiger partial charge in [0.15, 0.2) is 5.76 Å². The summed E-state index contributed by atoms with van der Waals surface area (Å²) in [5.74, 6) is -0.317. The first-order valence-electron chi connectivity index (χ1n) is 7.73. The highest BCUT2D eigenvalue weighted by Gasteiger charge is 2.33. The van der Waals surface area contributed by atoms with Crippen molar-refractivity contribution in [2.45, 2.75) is 18.7 Å². The van der Waals surface area contributed by atoms with E-state index in [1.807, 2.05) is 11.0 Å². The summed E-state index contributed by atoms with van der Waals surface area (Å²) in [5, 5.41) is 12.9. The van der Waals surface area contributed by atoms with Gasteiger partial charge in [0.25, 0.3) is 0 Å². The Morgan fingerprint density at radius 2 is 1.92 bits per heavy atom. The fraction of sp³-hybridized carbons (Fsp3) is 0.375. The van der Waals surface area contributed by atoms with Gasteiger partial charge in [-0.3, -0.25) is 0 Å². The number of hydrogen-bond acceptors (Lipinski definition) is 6. The Morgan fingerprint density at radius 3 is 2.48 bits per heavy atom. The second-order valence-corrected chi connectivity index (χ2v) is 7.66. The Balaban J connectivity index is 1.81. The van der Waals surface area contributed by atoms with Crippen molar-refractivity contribution in [1.82, 2.24) is 9.46 Å². The maximum Gasteiger partial charge on any atom is 0.248 e. The molecule has 0 unspecified atom stereocenters. The highest BCUT2D eigenvalue weighted by molar-refractivity contribution is 7.89. The average Bonchev–Trinajstić information content (AvgIpc) is 2.94. The molecule has 0 radical (unpaired) electrons. The molecule has 1 aliphatic heterocycles. The van der Waals surface area contributed by atoms with E-state index in [1.165, 1.54) is 10.4 Å². The molecule has 9 heteroatoms. The van der Waals surface area contributed by atoms with Gasteiger partial charge in [-0.25, -0.2) is 12.8 Å². The Labute approximate surface area is 145 Å². The van der Waals surface area contributed by atoms with Crippen molar-refractivity contribution < 1.29 is 17.3 Å². The number of nitriles is 1. The summed E-state index contributed by atoms with van der Waals surface area (Å²) >= 11 is 0. The Bertz CT molecular complexity index is 921. The third-order valence-electron chi connectivity index (χ3n) is 4.25. The normalized spacial score (nSPS) is 16.0. The lowest BCUT2D eigenvalue weighted by Gasteiger charge is -2.35. The van der Waals surface area contributed by atoms with E-state index >= 15 is 0 Å². The molecule has 3 rings (SSSR count). The lowest BCUT2D eigenvalue weighted by molar-refractivity contribution is 0.378. The quantitative estimate of drug-likeness (QED) is 0.825. The summed E-state index contributed by atoms with van der Waals surface area (Å²) in [6.45, 7) is 4.34. The zero-order valence-corrected chi connectivity index (χ0v) is 14.7. The van der Waals surface area contributed by atoms with E-state index < -0.39 is 15.8 Å². The molecule has 1 fully saturated rings. The van der Waals surface area contributed by atoms with Gasteiger partial charge in [0, 0.05) is 26.2 Å². The van der Waals surface area contributed by atoms with Gasteiger partial charge < -0.3 is 9.42 Å². The van der Waals surface area contributed by atoms with Crippen molar-refractivity contribution in [3.05, 3.63) is 41.0 Å². The van der Waals surface area contributed by atoms with Gasteiger partial charge in [0.2, 0.25) is 10.0 Å². The van der Waals surface area contributed by atoms with E-state index in [0.29, 0.717) is 24.5 Å². The number of piperazine rings is 1. The van der Waals surface area contributed by atoms with Gasteiger partial charge in [0.05, 0.1) is 5.69 Å². The van der Waals surface area contributed by atoms with Gasteiger partial charge in [-0.15, -0.1) is 0 Å². The Kier molecular flexibility index (Phi) is 4.49. The molecule has 0 amide bonds. The zero-order valence-electron chi connectivity index (χ0n) is 13.9. The van der Waals surface area contributed by atoms with Crippen LogP contribution in [0.5, 0.6) is 0 Å². The van der Waals surface area contributed by atoms with Crippen LogP contribution in [0.25, 0.3) is 0 Å². The van der Waals surface area contributed by atoms with E-state index in [-0.39, 0.29) is 29.3 Å². The summed E-state index contributed by atoms with van der Waals surface area (Å²) in [6, 6.07) is 6.31. The van der Waals surface area contributed by atoms with Crippen molar-refractivity contribution in [1.29, 1.82) is 5.26 Å². The molecule has 2 heterocycles. The molecular weight excluding hydrogens is 347 g/mol. The van der Waals surface area contributed by atoms with E-state index in [4.69, 9.17) is 9.78 Å². The molecule has 0 saturated carbocycles. The van der Waals surface area contributed by atoms with Gasteiger partial charge in [-0.05, 0) is 26.0 Å². The fourth-order valence-corrected chi connectivity index (χ4v) is 4.74. The van der Waals surface area contributed by atoms with Crippen LogP contribution in [0, 0.1) is 31.0 Å². The lowest BCUT2D eigenvalue weighted by atomic mass is 10.1. The Morgan fingerprint density at radius 1 is 1.24 bits per heavy atom. The number of sulfonamides is 1. The van der Waals surface area contributed by atoms with Gasteiger partial charge in [0.1, 0.15) is 28.0 Å². The molecular formula is C16H17FN4O3S. The lowest BCUT2D eigenvalue weighted by Crippen LogP contribution is -2.49. The summed E-state index contributed by atoms with van der Waals surface area (Å²) < 4.78 is 45.7. The van der Waals surface area contributed by atoms with Crippen LogP contribution in [0.2, 0.25) is 0 Å². The number of nitrogens with zero attached hydrogens (tertiary/aromatic N) is 4. The molecule has 2 aromatic rings. The van der Waals surface area contributed by atoms with Crippen LogP contribution in [0.4, 0.5) is 10.1 Å². The van der Waals surface area contributed by atoms with Crippen LogP contribution < -0.4 is 4.90 Å². The smallest absolute Gasteiger partial charge is 0.248 e. The highest BCUT2D eigenvalue weighted by atomic mass is 32.2. The molecule has 0 atom stereocenters. The predicted molar refractivity (Wildman–Crippen MR) is 88.1 cm³/mol. The molecule has 1 aromatic carbocycles. The first-order valence-corrected chi connectivity index (χ1v) is 9.17. The minimum atomic E-state index is -3.70. The van der Waals surface area contributed by atoms with Crippen LogP contribution in [-0.2, 0) is 10.0 Å². The third kappa shape index (κ3) is 2.99. The standard InChI is InChI=1S/C16H17FN4O3S/c1-11-16(12(2)24-19-11)25(22,23)21-8-6-20(7-9-21)15-5-3-4-14(17)13(15)10-18/h3-5H,6-9H2,1-2H3. The first kappa shape index (κ1) is 17.4. The summed E-state index contributed by atoms with van der Waals surface area (Å²) in [6.07, 6.45) is 0. The number of hydrogen-bond donors (Lipinski definition) is 0. The minimum Gasteiger partial charge on any atom is -0.368 e. The fourth-order valence-electron chi connectivity index (χ4n) is 3.03. The number of benzene rings is 1. The maximum absolute atomic E-state index is 13.8. The predicted octanol–water partition coefficient (Wildman–Crippen LogP) is 1.81. The molecule has 1 aromatic heterocycles. The highest BCUT2D eigenvalue weighted by Crippen LogP contribution is 2.27. The zero-order chi connectivity index (χ0) is 18.2. The monoisotopic (exact) mass is 364 g/mol. The van der Waals surface area contributed by atoms with E-state index in [9.17, 15) is 12.8 Å². The van der Waals surface area contributed by atoms with E-state index in [2.05, 4.69) is 5.16 Å². The number of anilines is 1. The van der Waals surface area contributed by atoms with Crippen LogP contribution in [0.1, 0.15) is 17.0 Å². The maximum atomic E-state index is 13.8. The topological polar surface area (TPSA) is 90.4 Å². The number of aromatic nitrogens is 1. The van der Waals surface area contributed by atoms with Crippen molar-refractivity contribution >= 4 is 15.7 Å². The second kappa shape index (κ2) is 6.46. The molecule has 1 saturated heterocycles. The summed E-state index contributed by atoms with van der Waals surface area (Å²) in [7, 11) is -3.70. The Hall–Kier alpha value is -2.44. The SMILES string of the molecule is Cc1noc(C)c1S(=O)(=O)N1CCN(c2cccc(F)c2C#N)CC1. The second-order valence-electron chi connectivity index (χ2n) is 5.79. The summed E-state index contributed by atoms with van der Waals surface area (Å²) in [5.41, 5.74) is 0.790. The number of rotatable bonds is 3. The van der Waals surface area contributed by atoms with Crippen LogP contribution >= 0.6 is 0 Å². The van der Waals surface area contributed by atoms with Crippen molar-refractivity contribution in [2.24, 2.45) is 0 Å². The first-order chi connectivity index (χ1) is 11.9. The van der Waals surface area contributed by atoms with Crippen LogP contribution in [0.15, 0.2) is 27.6 Å². The molecule has 0 N–H and O–H groups in total. The molecule has 132 valence electrons. The van der Waals surface area contributed by atoms with Gasteiger partial charge in [-0.1, -0.05) is 11.2 Å². The van der Waals surface area contributed by atoms with Gasteiger partial charge in [-0.2, -0.15) is 9.57 Å². The molecule has 0 spiro atoms. The molecule has 0 bridgehead atoms.